The highest BCUT2D eigenvalue weighted by Crippen LogP contribution is 2.31. The van der Waals surface area contributed by atoms with Crippen LogP contribution in [0.3, 0.4) is 0 Å². The Hall–Kier alpha value is -3.81. The van der Waals surface area contributed by atoms with Gasteiger partial charge in [-0.1, -0.05) is 18.2 Å². The largest absolute Gasteiger partial charge is 0.379 e. The van der Waals surface area contributed by atoms with Gasteiger partial charge in [0.25, 0.3) is 5.69 Å². The molecule has 1 N–H and O–H groups in total. The molecular weight excluding hydrogens is 510 g/mol. The van der Waals surface area contributed by atoms with Crippen molar-refractivity contribution in [1.82, 2.24) is 14.1 Å². The summed E-state index contributed by atoms with van der Waals surface area (Å²) in [6.45, 7) is 4.68. The third-order valence-corrected chi connectivity index (χ3v) is 8.53. The second-order valence-corrected chi connectivity index (χ2v) is 11.0. The summed E-state index contributed by atoms with van der Waals surface area (Å²) in [5.41, 5.74) is 4.94. The number of nitro groups is 1. The molecule has 2 aliphatic heterocycles. The number of aryl methyl sites for hydroxylation is 1. The summed E-state index contributed by atoms with van der Waals surface area (Å²) in [5.74, 6) is 0.915. The van der Waals surface area contributed by atoms with Crippen LogP contribution in [0.4, 0.5) is 17.2 Å². The molecule has 0 spiro atoms. The molecule has 0 bridgehead atoms. The number of ether oxygens (including phenoxy) is 1. The van der Waals surface area contributed by atoms with E-state index in [2.05, 4.69) is 15.4 Å². The van der Waals surface area contributed by atoms with E-state index in [1.807, 2.05) is 41.9 Å². The molecule has 0 radical (unpaired) electrons. The SMILES string of the molecule is Cc1nn(-c2ccccc2)c(N2CCCC2)c1/C=N/Nc1ccc(S(=O)(=O)N2CCOCC2)cc1[N+](=O)[O-]. The van der Waals surface area contributed by atoms with Gasteiger partial charge in [-0.2, -0.15) is 14.5 Å². The van der Waals surface area contributed by atoms with E-state index in [0.717, 1.165) is 54.8 Å². The highest BCUT2D eigenvalue weighted by Gasteiger charge is 2.29. The summed E-state index contributed by atoms with van der Waals surface area (Å²) >= 11 is 0. The Bertz CT molecular complexity index is 1440. The fraction of sp³-hybridized carbons (Fsp3) is 0.360. The molecule has 2 fully saturated rings. The number of hydrogen-bond acceptors (Lipinski definition) is 9. The Labute approximate surface area is 220 Å². The second-order valence-electron chi connectivity index (χ2n) is 9.09. The van der Waals surface area contributed by atoms with Crippen molar-refractivity contribution in [2.75, 3.05) is 49.7 Å². The van der Waals surface area contributed by atoms with Crippen LogP contribution in [0.15, 0.2) is 58.5 Å². The summed E-state index contributed by atoms with van der Waals surface area (Å²) in [6.07, 6.45) is 3.77. The lowest BCUT2D eigenvalue weighted by atomic mass is 10.2. The van der Waals surface area contributed by atoms with E-state index in [1.165, 1.54) is 16.4 Å². The van der Waals surface area contributed by atoms with Gasteiger partial charge in [-0.05, 0) is 44.0 Å². The van der Waals surface area contributed by atoms with Crippen molar-refractivity contribution >= 4 is 33.4 Å². The van der Waals surface area contributed by atoms with E-state index in [-0.39, 0.29) is 42.6 Å². The van der Waals surface area contributed by atoms with Crippen LogP contribution >= 0.6 is 0 Å². The smallest absolute Gasteiger partial charge is 0.295 e. The van der Waals surface area contributed by atoms with E-state index in [0.29, 0.717) is 0 Å². The molecule has 2 saturated heterocycles. The Morgan fingerprint density at radius 1 is 1.08 bits per heavy atom. The van der Waals surface area contributed by atoms with Crippen molar-refractivity contribution < 1.29 is 18.1 Å². The molecular formula is C25H29N7O5S. The van der Waals surface area contributed by atoms with Crippen LogP contribution in [0.25, 0.3) is 5.69 Å². The zero-order valence-corrected chi connectivity index (χ0v) is 21.8. The van der Waals surface area contributed by atoms with Crippen molar-refractivity contribution in [2.45, 2.75) is 24.7 Å². The molecule has 3 aromatic rings. The maximum absolute atomic E-state index is 13.0. The van der Waals surface area contributed by atoms with Crippen molar-refractivity contribution in [2.24, 2.45) is 5.10 Å². The molecule has 0 unspecified atom stereocenters. The minimum atomic E-state index is -3.88. The molecule has 0 aliphatic carbocycles. The molecule has 38 heavy (non-hydrogen) atoms. The number of nitrogens with zero attached hydrogens (tertiary/aromatic N) is 6. The monoisotopic (exact) mass is 539 g/mol. The fourth-order valence-electron chi connectivity index (χ4n) is 4.68. The Kier molecular flexibility index (Phi) is 7.40. The maximum Gasteiger partial charge on any atom is 0.295 e. The minimum absolute atomic E-state index is 0.0861. The standard InChI is InChI=1S/C25H29N7O5S/c1-19-22(25(29-11-5-6-12-29)31(28-19)20-7-3-2-4-8-20)18-26-27-23-10-9-21(17-24(23)32(33)34)38(35,36)30-13-15-37-16-14-30/h2-4,7-10,17-18,27H,5-6,11-16H2,1H3/b26-18+. The number of hydrazone groups is 1. The molecule has 3 heterocycles. The van der Waals surface area contributed by atoms with Gasteiger partial charge in [-0.25, -0.2) is 13.1 Å². The third-order valence-electron chi connectivity index (χ3n) is 6.64. The first-order valence-electron chi connectivity index (χ1n) is 12.4. The van der Waals surface area contributed by atoms with Crippen LogP contribution in [0.1, 0.15) is 24.1 Å². The molecule has 2 aliphatic rings. The zero-order chi connectivity index (χ0) is 26.7. The number of benzene rings is 2. The van der Waals surface area contributed by atoms with Crippen molar-refractivity contribution in [3.63, 3.8) is 0 Å². The number of morpholine rings is 1. The quantitative estimate of drug-likeness (QED) is 0.262. The van der Waals surface area contributed by atoms with E-state index < -0.39 is 14.9 Å². The molecule has 12 nitrogen and oxygen atoms in total. The molecule has 200 valence electrons. The number of anilines is 2. The number of para-hydroxylation sites is 1. The predicted octanol–water partition coefficient (Wildman–Crippen LogP) is 3.16. The number of nitro benzene ring substituents is 1. The van der Waals surface area contributed by atoms with Crippen molar-refractivity contribution in [1.29, 1.82) is 0 Å². The average molecular weight is 540 g/mol. The van der Waals surface area contributed by atoms with Gasteiger partial charge in [-0.3, -0.25) is 15.5 Å². The Morgan fingerprint density at radius 2 is 1.79 bits per heavy atom. The molecule has 5 rings (SSSR count). The summed E-state index contributed by atoms with van der Waals surface area (Å²) in [7, 11) is -3.88. The van der Waals surface area contributed by atoms with Crippen LogP contribution in [-0.4, -0.2) is 73.0 Å². The summed E-state index contributed by atoms with van der Waals surface area (Å²) < 4.78 is 34.3. The highest BCUT2D eigenvalue weighted by molar-refractivity contribution is 7.89. The summed E-state index contributed by atoms with van der Waals surface area (Å²) in [6, 6.07) is 13.6. The van der Waals surface area contributed by atoms with Gasteiger partial charge >= 0.3 is 0 Å². The van der Waals surface area contributed by atoms with Crippen molar-refractivity contribution in [3.8, 4) is 5.69 Å². The lowest BCUT2D eigenvalue weighted by molar-refractivity contribution is -0.384. The topological polar surface area (TPSA) is 135 Å². The number of aromatic nitrogens is 2. The van der Waals surface area contributed by atoms with Gasteiger partial charge in [0, 0.05) is 32.2 Å². The predicted molar refractivity (Wildman–Crippen MR) is 144 cm³/mol. The van der Waals surface area contributed by atoms with Gasteiger partial charge in [0.05, 0.1) is 46.2 Å². The first-order chi connectivity index (χ1) is 18.4. The third kappa shape index (κ3) is 5.12. The normalized spacial score (nSPS) is 16.8. The summed E-state index contributed by atoms with van der Waals surface area (Å²) in [5, 5.41) is 20.9. The number of hydrogen-bond donors (Lipinski definition) is 1. The maximum atomic E-state index is 13.0. The molecule has 0 atom stereocenters. The van der Waals surface area contributed by atoms with Gasteiger partial charge in [0.2, 0.25) is 10.0 Å². The molecule has 0 saturated carbocycles. The van der Waals surface area contributed by atoms with Crippen LogP contribution in [0.2, 0.25) is 0 Å². The zero-order valence-electron chi connectivity index (χ0n) is 21.0. The van der Waals surface area contributed by atoms with Crippen molar-refractivity contribution in [3.05, 3.63) is 69.9 Å². The van der Waals surface area contributed by atoms with Gasteiger partial charge in [0.15, 0.2) is 0 Å². The Balaban J connectivity index is 1.44. The molecule has 2 aromatic carbocycles. The number of nitrogens with one attached hydrogen (secondary N) is 1. The van der Waals surface area contributed by atoms with Crippen LogP contribution in [0.5, 0.6) is 0 Å². The molecule has 13 heteroatoms. The lowest BCUT2D eigenvalue weighted by Gasteiger charge is -2.26. The Morgan fingerprint density at radius 3 is 2.47 bits per heavy atom. The van der Waals surface area contributed by atoms with E-state index >= 15 is 0 Å². The second kappa shape index (κ2) is 10.9. The van der Waals surface area contributed by atoms with Crippen LogP contribution < -0.4 is 10.3 Å². The molecule has 0 amide bonds. The number of sulfonamides is 1. The summed E-state index contributed by atoms with van der Waals surface area (Å²) in [4.78, 5) is 13.3. The van der Waals surface area contributed by atoms with Gasteiger partial charge in [-0.15, -0.1) is 0 Å². The first kappa shape index (κ1) is 25.8. The van der Waals surface area contributed by atoms with Gasteiger partial charge < -0.3 is 9.64 Å². The van der Waals surface area contributed by atoms with E-state index in [9.17, 15) is 18.5 Å². The van der Waals surface area contributed by atoms with Crippen LogP contribution in [0, 0.1) is 17.0 Å². The highest BCUT2D eigenvalue weighted by atomic mass is 32.2. The molecule has 1 aromatic heterocycles. The lowest BCUT2D eigenvalue weighted by Crippen LogP contribution is -2.40. The first-order valence-corrected chi connectivity index (χ1v) is 13.9. The van der Waals surface area contributed by atoms with Crippen LogP contribution in [-0.2, 0) is 14.8 Å². The number of rotatable bonds is 8. The van der Waals surface area contributed by atoms with E-state index in [4.69, 9.17) is 9.84 Å². The minimum Gasteiger partial charge on any atom is -0.379 e. The average Bonchev–Trinajstić information content (AvgIpc) is 3.57. The van der Waals surface area contributed by atoms with Gasteiger partial charge in [0.1, 0.15) is 11.5 Å². The van der Waals surface area contributed by atoms with E-state index in [1.54, 1.807) is 6.21 Å². The fourth-order valence-corrected chi connectivity index (χ4v) is 6.11.